The standard InChI is InChI=1S/C21H17N3O2/c1-2-3-15-4-10-18(11-5-15)21(25)26-20-14-23-19(13-24-20)17-8-6-16(12-22)7-9-17/h4-11,13-14H,2-3H2,1H3. The minimum absolute atomic E-state index is 0.144. The number of esters is 1. The Labute approximate surface area is 151 Å². The average molecular weight is 343 g/mol. The van der Waals surface area contributed by atoms with Crippen LogP contribution >= 0.6 is 0 Å². The van der Waals surface area contributed by atoms with Crippen molar-refractivity contribution in [2.24, 2.45) is 0 Å². The third-order valence-electron chi connectivity index (χ3n) is 3.86. The zero-order valence-electron chi connectivity index (χ0n) is 14.3. The molecule has 0 fully saturated rings. The van der Waals surface area contributed by atoms with Crippen molar-refractivity contribution in [1.29, 1.82) is 5.26 Å². The predicted molar refractivity (Wildman–Crippen MR) is 97.6 cm³/mol. The Morgan fingerprint density at radius 2 is 1.77 bits per heavy atom. The summed E-state index contributed by atoms with van der Waals surface area (Å²) in [5.74, 6) is -0.321. The van der Waals surface area contributed by atoms with Gasteiger partial charge in [-0.15, -0.1) is 0 Å². The summed E-state index contributed by atoms with van der Waals surface area (Å²) >= 11 is 0. The fraction of sp³-hybridized carbons (Fsp3) is 0.143. The second-order valence-corrected chi connectivity index (χ2v) is 5.77. The molecule has 0 N–H and O–H groups in total. The largest absolute Gasteiger partial charge is 0.402 e. The molecule has 0 unspecified atom stereocenters. The maximum atomic E-state index is 12.2. The van der Waals surface area contributed by atoms with E-state index < -0.39 is 5.97 Å². The van der Waals surface area contributed by atoms with Crippen molar-refractivity contribution in [3.63, 3.8) is 0 Å². The molecule has 5 nitrogen and oxygen atoms in total. The van der Waals surface area contributed by atoms with Gasteiger partial charge in [0.2, 0.25) is 5.88 Å². The summed E-state index contributed by atoms with van der Waals surface area (Å²) in [6, 6.07) is 16.5. The van der Waals surface area contributed by atoms with E-state index in [1.54, 1.807) is 36.4 Å². The molecule has 0 amide bonds. The molecular formula is C21H17N3O2. The first-order valence-corrected chi connectivity index (χ1v) is 8.33. The van der Waals surface area contributed by atoms with Crippen LogP contribution in [0.4, 0.5) is 0 Å². The fourth-order valence-electron chi connectivity index (χ4n) is 2.48. The van der Waals surface area contributed by atoms with Gasteiger partial charge in [-0.25, -0.2) is 14.8 Å². The Kier molecular flexibility index (Phi) is 5.35. The van der Waals surface area contributed by atoms with Crippen molar-refractivity contribution in [2.75, 3.05) is 0 Å². The Morgan fingerprint density at radius 3 is 2.35 bits per heavy atom. The fourth-order valence-corrected chi connectivity index (χ4v) is 2.48. The van der Waals surface area contributed by atoms with Crippen LogP contribution in [0.25, 0.3) is 11.3 Å². The van der Waals surface area contributed by atoms with E-state index in [2.05, 4.69) is 23.0 Å². The number of aromatic nitrogens is 2. The summed E-state index contributed by atoms with van der Waals surface area (Å²) in [5.41, 5.74) is 3.72. The molecule has 0 spiro atoms. The Bertz CT molecular complexity index is 925. The molecule has 1 aromatic heterocycles. The second kappa shape index (κ2) is 8.04. The van der Waals surface area contributed by atoms with Crippen LogP contribution in [0.3, 0.4) is 0 Å². The number of nitriles is 1. The van der Waals surface area contributed by atoms with E-state index in [1.807, 2.05) is 12.1 Å². The molecule has 0 saturated carbocycles. The third kappa shape index (κ3) is 4.11. The first-order valence-electron chi connectivity index (χ1n) is 8.33. The van der Waals surface area contributed by atoms with E-state index >= 15 is 0 Å². The summed E-state index contributed by atoms with van der Waals surface area (Å²) in [7, 11) is 0. The van der Waals surface area contributed by atoms with Crippen LogP contribution in [-0.4, -0.2) is 15.9 Å². The summed E-state index contributed by atoms with van der Waals surface area (Å²) in [5, 5.41) is 8.83. The van der Waals surface area contributed by atoms with Gasteiger partial charge in [-0.3, -0.25) is 0 Å². The number of rotatable bonds is 5. The molecule has 26 heavy (non-hydrogen) atoms. The SMILES string of the molecule is CCCc1ccc(C(=O)Oc2cnc(-c3ccc(C#N)cc3)cn2)cc1. The molecule has 5 heteroatoms. The lowest BCUT2D eigenvalue weighted by atomic mass is 10.1. The lowest BCUT2D eigenvalue weighted by Crippen LogP contribution is -2.09. The summed E-state index contributed by atoms with van der Waals surface area (Å²) in [6.45, 7) is 2.11. The number of benzene rings is 2. The van der Waals surface area contributed by atoms with Crippen LogP contribution in [-0.2, 0) is 6.42 Å². The minimum Gasteiger partial charge on any atom is -0.402 e. The highest BCUT2D eigenvalue weighted by atomic mass is 16.5. The zero-order chi connectivity index (χ0) is 18.4. The average Bonchev–Trinajstić information content (AvgIpc) is 2.69. The van der Waals surface area contributed by atoms with Crippen molar-refractivity contribution < 1.29 is 9.53 Å². The van der Waals surface area contributed by atoms with Crippen molar-refractivity contribution >= 4 is 5.97 Å². The molecular weight excluding hydrogens is 326 g/mol. The highest BCUT2D eigenvalue weighted by Gasteiger charge is 2.10. The summed E-state index contributed by atoms with van der Waals surface area (Å²) in [6.07, 6.45) is 4.99. The highest BCUT2D eigenvalue weighted by Crippen LogP contribution is 2.18. The molecule has 0 radical (unpaired) electrons. The number of hydrogen-bond donors (Lipinski definition) is 0. The van der Waals surface area contributed by atoms with Gasteiger partial charge in [0.15, 0.2) is 0 Å². The van der Waals surface area contributed by atoms with E-state index in [1.165, 1.54) is 18.0 Å². The van der Waals surface area contributed by atoms with Gasteiger partial charge < -0.3 is 4.74 Å². The molecule has 0 aliphatic rings. The van der Waals surface area contributed by atoms with E-state index in [4.69, 9.17) is 10.00 Å². The molecule has 3 aromatic rings. The number of carbonyl (C=O) groups excluding carboxylic acids is 1. The van der Waals surface area contributed by atoms with E-state index in [0.29, 0.717) is 16.8 Å². The molecule has 0 atom stereocenters. The second-order valence-electron chi connectivity index (χ2n) is 5.77. The first-order chi connectivity index (χ1) is 12.7. The van der Waals surface area contributed by atoms with Gasteiger partial charge in [-0.2, -0.15) is 5.26 Å². The van der Waals surface area contributed by atoms with Crippen LogP contribution in [0.2, 0.25) is 0 Å². The molecule has 0 bridgehead atoms. The van der Waals surface area contributed by atoms with E-state index in [-0.39, 0.29) is 5.88 Å². The van der Waals surface area contributed by atoms with Gasteiger partial charge in [0.25, 0.3) is 0 Å². The van der Waals surface area contributed by atoms with Gasteiger partial charge >= 0.3 is 5.97 Å². The van der Waals surface area contributed by atoms with Gasteiger partial charge in [-0.1, -0.05) is 37.6 Å². The van der Waals surface area contributed by atoms with Gasteiger partial charge in [0, 0.05) is 5.56 Å². The zero-order valence-corrected chi connectivity index (χ0v) is 14.3. The number of aryl methyl sites for hydroxylation is 1. The number of hydrogen-bond acceptors (Lipinski definition) is 5. The van der Waals surface area contributed by atoms with Crippen LogP contribution in [0.1, 0.15) is 34.8 Å². The van der Waals surface area contributed by atoms with Crippen molar-refractivity contribution in [3.8, 4) is 23.2 Å². The quantitative estimate of drug-likeness (QED) is 0.649. The third-order valence-corrected chi connectivity index (χ3v) is 3.86. The Balaban J connectivity index is 1.68. The summed E-state index contributed by atoms with van der Waals surface area (Å²) in [4.78, 5) is 20.6. The number of nitrogens with zero attached hydrogens (tertiary/aromatic N) is 3. The highest BCUT2D eigenvalue weighted by molar-refractivity contribution is 5.90. The maximum Gasteiger partial charge on any atom is 0.344 e. The normalized spacial score (nSPS) is 10.2. The van der Waals surface area contributed by atoms with Crippen LogP contribution in [0.15, 0.2) is 60.9 Å². The van der Waals surface area contributed by atoms with Crippen LogP contribution < -0.4 is 4.74 Å². The predicted octanol–water partition coefficient (Wildman–Crippen LogP) is 4.19. The van der Waals surface area contributed by atoms with E-state index in [0.717, 1.165) is 18.4 Å². The smallest absolute Gasteiger partial charge is 0.344 e. The molecule has 2 aromatic carbocycles. The Hall–Kier alpha value is -3.52. The molecule has 0 saturated heterocycles. The van der Waals surface area contributed by atoms with Gasteiger partial charge in [-0.05, 0) is 36.2 Å². The topological polar surface area (TPSA) is 75.9 Å². The van der Waals surface area contributed by atoms with E-state index in [9.17, 15) is 4.79 Å². The minimum atomic E-state index is -0.464. The monoisotopic (exact) mass is 343 g/mol. The van der Waals surface area contributed by atoms with Crippen LogP contribution in [0, 0.1) is 11.3 Å². The number of ether oxygens (including phenoxy) is 1. The molecule has 0 aliphatic carbocycles. The van der Waals surface area contributed by atoms with Crippen molar-refractivity contribution in [3.05, 3.63) is 77.6 Å². The number of carbonyl (C=O) groups is 1. The Morgan fingerprint density at radius 1 is 1.04 bits per heavy atom. The first kappa shape index (κ1) is 17.3. The maximum absolute atomic E-state index is 12.2. The van der Waals surface area contributed by atoms with Crippen molar-refractivity contribution in [2.45, 2.75) is 19.8 Å². The van der Waals surface area contributed by atoms with Gasteiger partial charge in [0.1, 0.15) is 0 Å². The molecule has 128 valence electrons. The lowest BCUT2D eigenvalue weighted by molar-refractivity contribution is 0.0727. The lowest BCUT2D eigenvalue weighted by Gasteiger charge is -2.05. The molecule has 1 heterocycles. The van der Waals surface area contributed by atoms with Gasteiger partial charge in [0.05, 0.1) is 35.3 Å². The summed E-state index contributed by atoms with van der Waals surface area (Å²) < 4.78 is 5.27. The molecule has 0 aliphatic heterocycles. The molecule has 3 rings (SSSR count). The van der Waals surface area contributed by atoms with Crippen molar-refractivity contribution in [1.82, 2.24) is 9.97 Å². The van der Waals surface area contributed by atoms with Crippen LogP contribution in [0.5, 0.6) is 5.88 Å².